The number of fused-ring (bicyclic) bond motifs is 1. The maximum atomic E-state index is 9.64. The molecule has 0 saturated heterocycles. The van der Waals surface area contributed by atoms with E-state index in [0.717, 1.165) is 30.7 Å². The van der Waals surface area contributed by atoms with Gasteiger partial charge in [-0.2, -0.15) is 0 Å². The number of nitrogens with one attached hydrogen (secondary N) is 1. The van der Waals surface area contributed by atoms with Crippen molar-refractivity contribution < 1.29 is 9.84 Å². The SMILES string of the molecule is CCOc1ccccc1NC1CCCc2cc(O)ccc21. The van der Waals surface area contributed by atoms with E-state index in [9.17, 15) is 5.11 Å². The Balaban J connectivity index is 1.87. The molecule has 3 nitrogen and oxygen atoms in total. The summed E-state index contributed by atoms with van der Waals surface area (Å²) in [4.78, 5) is 0. The average Bonchev–Trinajstić information content (AvgIpc) is 2.49. The highest BCUT2D eigenvalue weighted by atomic mass is 16.5. The first-order chi connectivity index (χ1) is 10.3. The molecule has 0 fully saturated rings. The molecule has 0 spiro atoms. The molecule has 3 heteroatoms. The van der Waals surface area contributed by atoms with Crippen LogP contribution in [0, 0.1) is 0 Å². The maximum Gasteiger partial charge on any atom is 0.142 e. The molecule has 0 bridgehead atoms. The van der Waals surface area contributed by atoms with Crippen molar-refractivity contribution in [3.63, 3.8) is 0 Å². The summed E-state index contributed by atoms with van der Waals surface area (Å²) in [5.41, 5.74) is 3.56. The third-order valence-electron chi connectivity index (χ3n) is 3.96. The first-order valence-corrected chi connectivity index (χ1v) is 7.58. The quantitative estimate of drug-likeness (QED) is 0.880. The van der Waals surface area contributed by atoms with Crippen LogP contribution in [0.2, 0.25) is 0 Å². The van der Waals surface area contributed by atoms with Gasteiger partial charge in [-0.15, -0.1) is 0 Å². The predicted molar refractivity (Wildman–Crippen MR) is 85.0 cm³/mol. The number of phenols is 1. The zero-order chi connectivity index (χ0) is 14.7. The van der Waals surface area contributed by atoms with Gasteiger partial charge in [-0.25, -0.2) is 0 Å². The van der Waals surface area contributed by atoms with Crippen molar-refractivity contribution in [1.82, 2.24) is 0 Å². The smallest absolute Gasteiger partial charge is 0.142 e. The zero-order valence-electron chi connectivity index (χ0n) is 12.3. The van der Waals surface area contributed by atoms with Crippen LogP contribution in [-0.2, 0) is 6.42 Å². The second kappa shape index (κ2) is 6.08. The van der Waals surface area contributed by atoms with Crippen molar-refractivity contribution in [1.29, 1.82) is 0 Å². The molecule has 0 saturated carbocycles. The number of anilines is 1. The lowest BCUT2D eigenvalue weighted by Crippen LogP contribution is -2.17. The molecule has 1 aliphatic carbocycles. The minimum atomic E-state index is 0.274. The van der Waals surface area contributed by atoms with Crippen LogP contribution in [0.3, 0.4) is 0 Å². The van der Waals surface area contributed by atoms with E-state index < -0.39 is 0 Å². The highest BCUT2D eigenvalue weighted by Gasteiger charge is 2.21. The van der Waals surface area contributed by atoms with Crippen LogP contribution in [0.15, 0.2) is 42.5 Å². The number of hydrogen-bond acceptors (Lipinski definition) is 3. The second-order valence-electron chi connectivity index (χ2n) is 5.40. The normalized spacial score (nSPS) is 17.1. The van der Waals surface area contributed by atoms with E-state index in [4.69, 9.17) is 4.74 Å². The average molecular weight is 283 g/mol. The molecule has 1 atom stereocenters. The van der Waals surface area contributed by atoms with Gasteiger partial charge in [-0.1, -0.05) is 18.2 Å². The fraction of sp³-hybridized carbons (Fsp3) is 0.333. The number of aryl methyl sites for hydroxylation is 1. The minimum absolute atomic E-state index is 0.274. The molecule has 3 rings (SSSR count). The molecule has 21 heavy (non-hydrogen) atoms. The number of rotatable bonds is 4. The van der Waals surface area contributed by atoms with Gasteiger partial charge >= 0.3 is 0 Å². The first kappa shape index (κ1) is 13.8. The summed E-state index contributed by atoms with van der Waals surface area (Å²) in [6.45, 7) is 2.66. The maximum absolute atomic E-state index is 9.64. The third-order valence-corrected chi connectivity index (χ3v) is 3.96. The van der Waals surface area contributed by atoms with Crippen molar-refractivity contribution in [2.45, 2.75) is 32.2 Å². The minimum Gasteiger partial charge on any atom is -0.508 e. The Hall–Kier alpha value is -2.16. The lowest BCUT2D eigenvalue weighted by Gasteiger charge is -2.28. The van der Waals surface area contributed by atoms with Crippen LogP contribution in [0.4, 0.5) is 5.69 Å². The van der Waals surface area contributed by atoms with Crippen LogP contribution < -0.4 is 10.1 Å². The van der Waals surface area contributed by atoms with E-state index >= 15 is 0 Å². The van der Waals surface area contributed by atoms with Crippen LogP contribution in [-0.4, -0.2) is 11.7 Å². The van der Waals surface area contributed by atoms with Crippen molar-refractivity contribution >= 4 is 5.69 Å². The highest BCUT2D eigenvalue weighted by molar-refractivity contribution is 5.58. The molecule has 110 valence electrons. The van der Waals surface area contributed by atoms with Crippen molar-refractivity contribution in [2.24, 2.45) is 0 Å². The second-order valence-corrected chi connectivity index (χ2v) is 5.40. The Morgan fingerprint density at radius 2 is 2.10 bits per heavy atom. The lowest BCUT2D eigenvalue weighted by molar-refractivity contribution is 0.341. The number of phenolic OH excluding ortho intramolecular Hbond substituents is 1. The van der Waals surface area contributed by atoms with Crippen LogP contribution >= 0.6 is 0 Å². The summed E-state index contributed by atoms with van der Waals surface area (Å²) in [7, 11) is 0. The highest BCUT2D eigenvalue weighted by Crippen LogP contribution is 2.36. The summed E-state index contributed by atoms with van der Waals surface area (Å²) >= 11 is 0. The Morgan fingerprint density at radius 1 is 1.24 bits per heavy atom. The number of aromatic hydroxyl groups is 1. The molecule has 2 N–H and O–H groups in total. The standard InChI is InChI=1S/C18H21NO2/c1-2-21-18-9-4-3-7-17(18)19-16-8-5-6-13-12-14(20)10-11-15(13)16/h3-4,7,9-12,16,19-20H,2,5-6,8H2,1H3. The summed E-state index contributed by atoms with van der Waals surface area (Å²) in [6, 6.07) is 14.0. The zero-order valence-corrected chi connectivity index (χ0v) is 12.3. The Kier molecular flexibility index (Phi) is 4.00. The molecule has 2 aromatic rings. The Morgan fingerprint density at radius 3 is 2.95 bits per heavy atom. The van der Waals surface area contributed by atoms with Gasteiger partial charge in [-0.3, -0.25) is 0 Å². The van der Waals surface area contributed by atoms with E-state index in [1.807, 2.05) is 37.3 Å². The molecule has 0 radical (unpaired) electrons. The Bertz CT molecular complexity index is 624. The van der Waals surface area contributed by atoms with Gasteiger partial charge in [0.2, 0.25) is 0 Å². The fourth-order valence-corrected chi connectivity index (χ4v) is 3.01. The summed E-state index contributed by atoms with van der Waals surface area (Å²) in [6.07, 6.45) is 3.26. The van der Waals surface area contributed by atoms with Crippen molar-refractivity contribution in [3.8, 4) is 11.5 Å². The molecule has 0 amide bonds. The predicted octanol–water partition coefficient (Wildman–Crippen LogP) is 4.28. The topological polar surface area (TPSA) is 41.5 Å². The molecule has 1 unspecified atom stereocenters. The lowest BCUT2D eigenvalue weighted by atomic mass is 9.87. The molecular formula is C18H21NO2. The van der Waals surface area contributed by atoms with E-state index in [1.165, 1.54) is 11.1 Å². The van der Waals surface area contributed by atoms with Crippen LogP contribution in [0.25, 0.3) is 0 Å². The van der Waals surface area contributed by atoms with Crippen LogP contribution in [0.1, 0.15) is 36.9 Å². The first-order valence-electron chi connectivity index (χ1n) is 7.58. The molecule has 1 aliphatic rings. The van der Waals surface area contributed by atoms with Gasteiger partial charge in [0, 0.05) is 0 Å². The van der Waals surface area contributed by atoms with Crippen LogP contribution in [0.5, 0.6) is 11.5 Å². The third kappa shape index (κ3) is 2.97. The van der Waals surface area contributed by atoms with Gasteiger partial charge in [-0.05, 0) is 61.6 Å². The van der Waals surface area contributed by atoms with Gasteiger partial charge in [0.05, 0.1) is 18.3 Å². The number of ether oxygens (including phenoxy) is 1. The van der Waals surface area contributed by atoms with E-state index in [-0.39, 0.29) is 6.04 Å². The summed E-state index contributed by atoms with van der Waals surface area (Å²) in [5, 5.41) is 13.2. The molecular weight excluding hydrogens is 262 g/mol. The summed E-state index contributed by atoms with van der Waals surface area (Å²) < 4.78 is 5.68. The van der Waals surface area contributed by atoms with Crippen molar-refractivity contribution in [2.75, 3.05) is 11.9 Å². The monoisotopic (exact) mass is 283 g/mol. The van der Waals surface area contributed by atoms with Gasteiger partial charge in [0.1, 0.15) is 11.5 Å². The number of para-hydroxylation sites is 2. The van der Waals surface area contributed by atoms with Gasteiger partial charge in [0.25, 0.3) is 0 Å². The van der Waals surface area contributed by atoms with Gasteiger partial charge in [0.15, 0.2) is 0 Å². The fourth-order valence-electron chi connectivity index (χ4n) is 3.01. The number of hydrogen-bond donors (Lipinski definition) is 2. The van der Waals surface area contributed by atoms with Crippen molar-refractivity contribution in [3.05, 3.63) is 53.6 Å². The van der Waals surface area contributed by atoms with E-state index in [1.54, 1.807) is 6.07 Å². The molecule has 0 aliphatic heterocycles. The van der Waals surface area contributed by atoms with Gasteiger partial charge < -0.3 is 15.2 Å². The van der Waals surface area contributed by atoms with E-state index in [0.29, 0.717) is 12.4 Å². The molecule has 0 heterocycles. The largest absolute Gasteiger partial charge is 0.508 e. The van der Waals surface area contributed by atoms with E-state index in [2.05, 4.69) is 11.4 Å². The Labute approximate surface area is 125 Å². The summed E-state index contributed by atoms with van der Waals surface area (Å²) in [5.74, 6) is 1.25. The number of benzene rings is 2. The molecule has 0 aromatic heterocycles. The molecule has 2 aromatic carbocycles.